The Morgan fingerprint density at radius 2 is 2.06 bits per heavy atom. The zero-order chi connectivity index (χ0) is 11.2. The quantitative estimate of drug-likeness (QED) is 0.720. The predicted molar refractivity (Wildman–Crippen MR) is 64.0 cm³/mol. The lowest BCUT2D eigenvalue weighted by Crippen LogP contribution is -2.56. The average molecular weight is 214 g/mol. The first kappa shape index (κ1) is 9.46. The molecular weight excluding hydrogens is 200 g/mol. The SMILES string of the molecule is CC1(C)C=CNC12C=Nc1ccccc1O2. The molecule has 2 aliphatic heterocycles. The number of para-hydroxylation sites is 2. The second-order valence-corrected chi connectivity index (χ2v) is 4.76. The Kier molecular flexibility index (Phi) is 1.70. The highest BCUT2D eigenvalue weighted by Crippen LogP contribution is 2.42. The number of hydrogen-bond donors (Lipinski definition) is 1. The summed E-state index contributed by atoms with van der Waals surface area (Å²) >= 11 is 0. The van der Waals surface area contributed by atoms with Crippen molar-refractivity contribution < 1.29 is 4.74 Å². The molecule has 3 nitrogen and oxygen atoms in total. The summed E-state index contributed by atoms with van der Waals surface area (Å²) in [6, 6.07) is 7.82. The number of benzene rings is 1. The average Bonchev–Trinajstić information content (AvgIpc) is 2.54. The van der Waals surface area contributed by atoms with E-state index in [0.717, 1.165) is 11.4 Å². The summed E-state index contributed by atoms with van der Waals surface area (Å²) < 4.78 is 6.07. The van der Waals surface area contributed by atoms with Crippen molar-refractivity contribution in [2.24, 2.45) is 10.4 Å². The maximum atomic E-state index is 6.07. The van der Waals surface area contributed by atoms with Gasteiger partial charge in [-0.1, -0.05) is 32.1 Å². The smallest absolute Gasteiger partial charge is 0.225 e. The van der Waals surface area contributed by atoms with Gasteiger partial charge in [-0.3, -0.25) is 4.99 Å². The molecule has 1 N–H and O–H groups in total. The summed E-state index contributed by atoms with van der Waals surface area (Å²) in [5, 5.41) is 3.25. The molecule has 1 spiro atoms. The highest BCUT2D eigenvalue weighted by Gasteiger charge is 2.49. The summed E-state index contributed by atoms with van der Waals surface area (Å²) in [6.45, 7) is 4.26. The molecule has 16 heavy (non-hydrogen) atoms. The first-order valence-corrected chi connectivity index (χ1v) is 5.42. The van der Waals surface area contributed by atoms with Gasteiger partial charge >= 0.3 is 0 Å². The Morgan fingerprint density at radius 1 is 1.25 bits per heavy atom. The van der Waals surface area contributed by atoms with Gasteiger partial charge in [-0.05, 0) is 18.3 Å². The standard InChI is InChI=1S/C13H14N2O/c1-12(2)7-8-15-13(12)9-14-10-5-3-4-6-11(10)16-13/h3-9,15H,1-2H3. The highest BCUT2D eigenvalue weighted by atomic mass is 16.5. The van der Waals surface area contributed by atoms with Crippen LogP contribution in [0.4, 0.5) is 5.69 Å². The van der Waals surface area contributed by atoms with Crippen molar-refractivity contribution in [3.8, 4) is 5.75 Å². The minimum absolute atomic E-state index is 0.107. The summed E-state index contributed by atoms with van der Waals surface area (Å²) in [7, 11) is 0. The number of hydrogen-bond acceptors (Lipinski definition) is 3. The van der Waals surface area contributed by atoms with Crippen molar-refractivity contribution in [3.05, 3.63) is 36.5 Å². The van der Waals surface area contributed by atoms with Crippen LogP contribution in [0.3, 0.4) is 0 Å². The minimum Gasteiger partial charge on any atom is -0.460 e. The van der Waals surface area contributed by atoms with Crippen molar-refractivity contribution in [1.82, 2.24) is 5.32 Å². The van der Waals surface area contributed by atoms with E-state index in [1.54, 1.807) is 0 Å². The van der Waals surface area contributed by atoms with E-state index in [2.05, 4.69) is 30.2 Å². The third-order valence-electron chi connectivity index (χ3n) is 3.28. The monoisotopic (exact) mass is 214 g/mol. The second-order valence-electron chi connectivity index (χ2n) is 4.76. The Hall–Kier alpha value is -1.77. The van der Waals surface area contributed by atoms with Crippen LogP contribution >= 0.6 is 0 Å². The molecule has 1 unspecified atom stereocenters. The van der Waals surface area contributed by atoms with E-state index in [0.29, 0.717) is 0 Å². The van der Waals surface area contributed by atoms with Gasteiger partial charge in [0.25, 0.3) is 0 Å². The Bertz CT molecular complexity index is 490. The molecular formula is C13H14N2O. The number of aliphatic imine (C=N–C) groups is 1. The van der Waals surface area contributed by atoms with Crippen molar-refractivity contribution >= 4 is 11.9 Å². The maximum Gasteiger partial charge on any atom is 0.225 e. The van der Waals surface area contributed by atoms with Gasteiger partial charge in [-0.15, -0.1) is 0 Å². The lowest BCUT2D eigenvalue weighted by Gasteiger charge is -2.40. The molecule has 2 heterocycles. The number of rotatable bonds is 0. The molecule has 0 fully saturated rings. The van der Waals surface area contributed by atoms with Gasteiger partial charge in [-0.25, -0.2) is 0 Å². The predicted octanol–water partition coefficient (Wildman–Crippen LogP) is 2.62. The van der Waals surface area contributed by atoms with Crippen molar-refractivity contribution in [1.29, 1.82) is 0 Å². The summed E-state index contributed by atoms with van der Waals surface area (Å²) in [5.41, 5.74) is 0.239. The van der Waals surface area contributed by atoms with Crippen molar-refractivity contribution in [3.63, 3.8) is 0 Å². The fourth-order valence-electron chi connectivity index (χ4n) is 2.06. The topological polar surface area (TPSA) is 33.6 Å². The molecule has 1 atom stereocenters. The lowest BCUT2D eigenvalue weighted by atomic mass is 9.83. The molecule has 0 aromatic heterocycles. The van der Waals surface area contributed by atoms with Crippen LogP contribution in [0.15, 0.2) is 41.5 Å². The molecule has 3 heteroatoms. The van der Waals surface area contributed by atoms with E-state index in [1.807, 2.05) is 36.7 Å². The lowest BCUT2D eigenvalue weighted by molar-refractivity contribution is 0.0447. The third-order valence-corrected chi connectivity index (χ3v) is 3.28. The molecule has 0 bridgehead atoms. The largest absolute Gasteiger partial charge is 0.460 e. The molecule has 2 aliphatic rings. The number of fused-ring (bicyclic) bond motifs is 1. The Labute approximate surface area is 94.8 Å². The number of nitrogens with one attached hydrogen (secondary N) is 1. The first-order valence-electron chi connectivity index (χ1n) is 5.42. The molecule has 0 saturated heterocycles. The van der Waals surface area contributed by atoms with Crippen LogP contribution in [-0.4, -0.2) is 11.9 Å². The van der Waals surface area contributed by atoms with Gasteiger partial charge in [0.2, 0.25) is 5.72 Å². The Morgan fingerprint density at radius 3 is 2.81 bits per heavy atom. The molecule has 82 valence electrons. The fraction of sp³-hybridized carbons (Fsp3) is 0.308. The second kappa shape index (κ2) is 2.88. The summed E-state index contributed by atoms with van der Waals surface area (Å²) in [4.78, 5) is 4.47. The van der Waals surface area contributed by atoms with E-state index < -0.39 is 5.72 Å². The van der Waals surface area contributed by atoms with Gasteiger partial charge in [0.05, 0.1) is 6.21 Å². The summed E-state index contributed by atoms with van der Waals surface area (Å²) in [6.07, 6.45) is 5.89. The van der Waals surface area contributed by atoms with Crippen LogP contribution < -0.4 is 10.1 Å². The molecule has 0 radical (unpaired) electrons. The van der Waals surface area contributed by atoms with Crippen LogP contribution in [-0.2, 0) is 0 Å². The third kappa shape index (κ3) is 1.11. The highest BCUT2D eigenvalue weighted by molar-refractivity contribution is 5.79. The molecule has 0 saturated carbocycles. The number of ether oxygens (including phenoxy) is 1. The Balaban J connectivity index is 2.06. The molecule has 0 aliphatic carbocycles. The van der Waals surface area contributed by atoms with E-state index in [9.17, 15) is 0 Å². The van der Waals surface area contributed by atoms with E-state index in [4.69, 9.17) is 4.74 Å². The van der Waals surface area contributed by atoms with Crippen LogP contribution in [0.5, 0.6) is 5.75 Å². The van der Waals surface area contributed by atoms with Crippen LogP contribution in [0.25, 0.3) is 0 Å². The fourth-order valence-corrected chi connectivity index (χ4v) is 2.06. The molecule has 1 aromatic rings. The van der Waals surface area contributed by atoms with Gasteiger partial charge in [0, 0.05) is 5.41 Å². The van der Waals surface area contributed by atoms with Crippen LogP contribution in [0.2, 0.25) is 0 Å². The molecule has 0 amide bonds. The summed E-state index contributed by atoms with van der Waals surface area (Å²) in [5.74, 6) is 0.828. The minimum atomic E-state index is -0.540. The maximum absolute atomic E-state index is 6.07. The first-order chi connectivity index (χ1) is 7.63. The van der Waals surface area contributed by atoms with Gasteiger partial charge in [-0.2, -0.15) is 0 Å². The number of nitrogens with zero attached hydrogens (tertiary/aromatic N) is 1. The zero-order valence-corrected chi connectivity index (χ0v) is 9.40. The van der Waals surface area contributed by atoms with Gasteiger partial charge in [0.1, 0.15) is 11.4 Å². The van der Waals surface area contributed by atoms with E-state index in [-0.39, 0.29) is 5.41 Å². The van der Waals surface area contributed by atoms with Crippen LogP contribution in [0, 0.1) is 5.41 Å². The van der Waals surface area contributed by atoms with Gasteiger partial charge < -0.3 is 10.1 Å². The normalized spacial score (nSPS) is 28.6. The molecule has 3 rings (SSSR count). The van der Waals surface area contributed by atoms with E-state index >= 15 is 0 Å². The van der Waals surface area contributed by atoms with Crippen molar-refractivity contribution in [2.75, 3.05) is 0 Å². The van der Waals surface area contributed by atoms with E-state index in [1.165, 1.54) is 0 Å². The zero-order valence-electron chi connectivity index (χ0n) is 9.40. The van der Waals surface area contributed by atoms with Crippen molar-refractivity contribution in [2.45, 2.75) is 19.6 Å². The molecule has 1 aromatic carbocycles. The van der Waals surface area contributed by atoms with Gasteiger partial charge in [0.15, 0.2) is 0 Å². The van der Waals surface area contributed by atoms with Crippen LogP contribution in [0.1, 0.15) is 13.8 Å².